The summed E-state index contributed by atoms with van der Waals surface area (Å²) in [6.45, 7) is 0. The van der Waals surface area contributed by atoms with Crippen LogP contribution in [0.3, 0.4) is 0 Å². The van der Waals surface area contributed by atoms with Crippen LogP contribution in [-0.2, 0) is 10.0 Å². The van der Waals surface area contributed by atoms with Crippen molar-refractivity contribution in [1.82, 2.24) is 4.98 Å². The van der Waals surface area contributed by atoms with Crippen molar-refractivity contribution in [2.75, 3.05) is 10.0 Å². The molecule has 1 aromatic heterocycles. The molecular formula is C29H20ClN3O4S2. The number of para-hydroxylation sites is 1. The van der Waals surface area contributed by atoms with Crippen LogP contribution in [0.15, 0.2) is 114 Å². The summed E-state index contributed by atoms with van der Waals surface area (Å²) in [4.78, 5) is 31.6. The highest BCUT2D eigenvalue weighted by atomic mass is 35.5. The Kier molecular flexibility index (Phi) is 7.56. The van der Waals surface area contributed by atoms with Gasteiger partial charge in [0.05, 0.1) is 21.8 Å². The van der Waals surface area contributed by atoms with Crippen molar-refractivity contribution in [3.05, 3.63) is 130 Å². The van der Waals surface area contributed by atoms with Gasteiger partial charge in [0.2, 0.25) is 5.78 Å². The number of carbonyl (C=O) groups is 2. The van der Waals surface area contributed by atoms with E-state index in [4.69, 9.17) is 11.6 Å². The van der Waals surface area contributed by atoms with Crippen LogP contribution in [0.5, 0.6) is 0 Å². The summed E-state index contributed by atoms with van der Waals surface area (Å²) in [5.74, 6) is -0.806. The monoisotopic (exact) mass is 573 g/mol. The summed E-state index contributed by atoms with van der Waals surface area (Å²) in [5.41, 5.74) is 1.84. The molecule has 1 amide bonds. The molecule has 0 saturated heterocycles. The van der Waals surface area contributed by atoms with Crippen molar-refractivity contribution in [2.45, 2.75) is 4.90 Å². The largest absolute Gasteiger partial charge is 0.298 e. The molecule has 0 saturated carbocycles. The Bertz CT molecular complexity index is 1760. The molecule has 0 bridgehead atoms. The third kappa shape index (κ3) is 5.91. The zero-order chi connectivity index (χ0) is 27.4. The lowest BCUT2D eigenvalue weighted by molar-refractivity contribution is 0.102. The SMILES string of the molecule is O=C(Nc1nc(-c2ccccc2)c(C(=O)c2ccccc2)s1)c1ccccc1NS(=O)(=O)c1ccc(Cl)cc1. The first-order valence-electron chi connectivity index (χ1n) is 11.7. The summed E-state index contributed by atoms with van der Waals surface area (Å²) in [6, 6.07) is 29.9. The Morgan fingerprint density at radius 2 is 1.38 bits per heavy atom. The number of benzene rings is 4. The first-order valence-corrected chi connectivity index (χ1v) is 14.3. The van der Waals surface area contributed by atoms with Gasteiger partial charge in [-0.05, 0) is 36.4 Å². The molecule has 0 aliphatic carbocycles. The number of ketones is 1. The van der Waals surface area contributed by atoms with E-state index in [2.05, 4.69) is 15.0 Å². The molecule has 2 N–H and O–H groups in total. The number of anilines is 2. The first-order chi connectivity index (χ1) is 18.8. The molecule has 0 atom stereocenters. The van der Waals surface area contributed by atoms with E-state index in [-0.39, 0.29) is 27.1 Å². The maximum atomic E-state index is 13.3. The molecule has 39 heavy (non-hydrogen) atoms. The van der Waals surface area contributed by atoms with E-state index in [0.29, 0.717) is 21.2 Å². The van der Waals surface area contributed by atoms with Crippen molar-refractivity contribution in [3.8, 4) is 11.3 Å². The molecule has 7 nitrogen and oxygen atoms in total. The van der Waals surface area contributed by atoms with Crippen LogP contribution in [0.1, 0.15) is 25.6 Å². The summed E-state index contributed by atoms with van der Waals surface area (Å²) in [5, 5.41) is 3.33. The van der Waals surface area contributed by atoms with Crippen LogP contribution >= 0.6 is 22.9 Å². The lowest BCUT2D eigenvalue weighted by atomic mass is 10.1. The van der Waals surface area contributed by atoms with Crippen molar-refractivity contribution < 1.29 is 18.0 Å². The molecule has 10 heteroatoms. The second-order valence-corrected chi connectivity index (χ2v) is 11.4. The molecule has 0 aliphatic heterocycles. The van der Waals surface area contributed by atoms with Gasteiger partial charge in [-0.2, -0.15) is 0 Å². The number of rotatable bonds is 8. The molecule has 194 valence electrons. The van der Waals surface area contributed by atoms with Crippen LogP contribution in [0.2, 0.25) is 5.02 Å². The average molecular weight is 574 g/mol. The molecule has 5 rings (SSSR count). The first kappa shape index (κ1) is 26.3. The number of hydrogen-bond acceptors (Lipinski definition) is 6. The standard InChI is InChI=1S/C29H20ClN3O4S2/c30-21-15-17-22(18-16-21)39(36,37)33-24-14-8-7-13-23(24)28(35)32-29-31-25(19-9-3-1-4-10-19)27(38-29)26(34)20-11-5-2-6-12-20/h1-18,33H,(H,31,32,35). The topological polar surface area (TPSA) is 105 Å². The molecule has 4 aromatic carbocycles. The Balaban J connectivity index is 1.46. The second-order valence-electron chi connectivity index (χ2n) is 8.32. The van der Waals surface area contributed by atoms with Crippen molar-refractivity contribution >= 4 is 55.5 Å². The number of halogens is 1. The van der Waals surface area contributed by atoms with Crippen LogP contribution in [0.4, 0.5) is 10.8 Å². The summed E-state index contributed by atoms with van der Waals surface area (Å²) < 4.78 is 28.3. The van der Waals surface area contributed by atoms with E-state index in [9.17, 15) is 18.0 Å². The predicted molar refractivity (Wildman–Crippen MR) is 154 cm³/mol. The average Bonchev–Trinajstić information content (AvgIpc) is 3.37. The highest BCUT2D eigenvalue weighted by Crippen LogP contribution is 2.33. The predicted octanol–water partition coefficient (Wildman–Crippen LogP) is 6.75. The number of nitrogens with zero attached hydrogens (tertiary/aromatic N) is 1. The smallest absolute Gasteiger partial charge is 0.261 e. The van der Waals surface area contributed by atoms with Crippen molar-refractivity contribution in [1.29, 1.82) is 0 Å². The number of hydrogen-bond donors (Lipinski definition) is 2. The minimum absolute atomic E-state index is 0.00129. The Morgan fingerprint density at radius 1 is 0.769 bits per heavy atom. The van der Waals surface area contributed by atoms with Crippen LogP contribution in [0.25, 0.3) is 11.3 Å². The second kappa shape index (κ2) is 11.2. The van der Waals surface area contributed by atoms with E-state index >= 15 is 0 Å². The van der Waals surface area contributed by atoms with Gasteiger partial charge in [-0.1, -0.05) is 95.7 Å². The number of amides is 1. The lowest BCUT2D eigenvalue weighted by Crippen LogP contribution is -2.18. The molecule has 5 aromatic rings. The molecule has 1 heterocycles. The van der Waals surface area contributed by atoms with Crippen molar-refractivity contribution in [2.24, 2.45) is 0 Å². The number of sulfonamides is 1. The molecular weight excluding hydrogens is 554 g/mol. The molecule has 0 unspecified atom stereocenters. The summed E-state index contributed by atoms with van der Waals surface area (Å²) in [7, 11) is -3.99. The van der Waals surface area contributed by atoms with Gasteiger partial charge in [0, 0.05) is 16.1 Å². The van der Waals surface area contributed by atoms with Crippen LogP contribution in [-0.4, -0.2) is 25.1 Å². The fraction of sp³-hybridized carbons (Fsp3) is 0. The van der Waals surface area contributed by atoms with Gasteiger partial charge < -0.3 is 0 Å². The van der Waals surface area contributed by atoms with Gasteiger partial charge in [-0.3, -0.25) is 19.6 Å². The van der Waals surface area contributed by atoms with Crippen LogP contribution in [0, 0.1) is 0 Å². The molecule has 0 fully saturated rings. The maximum Gasteiger partial charge on any atom is 0.261 e. The Labute approximate surface area is 234 Å². The number of carbonyl (C=O) groups excluding carboxylic acids is 2. The lowest BCUT2D eigenvalue weighted by Gasteiger charge is -2.12. The van der Waals surface area contributed by atoms with E-state index in [1.807, 2.05) is 36.4 Å². The third-order valence-corrected chi connectivity index (χ3v) is 8.28. The Hall–Kier alpha value is -4.31. The number of thiazole rings is 1. The number of nitrogens with one attached hydrogen (secondary N) is 2. The minimum atomic E-state index is -3.99. The molecule has 0 aliphatic rings. The van der Waals surface area contributed by atoms with E-state index in [0.717, 1.165) is 16.9 Å². The van der Waals surface area contributed by atoms with Gasteiger partial charge >= 0.3 is 0 Å². The Morgan fingerprint density at radius 3 is 2.08 bits per heavy atom. The molecule has 0 spiro atoms. The van der Waals surface area contributed by atoms with Crippen LogP contribution < -0.4 is 10.0 Å². The zero-order valence-electron chi connectivity index (χ0n) is 20.2. The number of aromatic nitrogens is 1. The third-order valence-electron chi connectivity index (χ3n) is 5.68. The normalized spacial score (nSPS) is 11.1. The van der Waals surface area contributed by atoms with E-state index < -0.39 is 15.9 Å². The maximum absolute atomic E-state index is 13.3. The zero-order valence-corrected chi connectivity index (χ0v) is 22.6. The van der Waals surface area contributed by atoms with Gasteiger partial charge in [0.1, 0.15) is 4.88 Å². The summed E-state index contributed by atoms with van der Waals surface area (Å²) >= 11 is 6.93. The minimum Gasteiger partial charge on any atom is -0.298 e. The van der Waals surface area contributed by atoms with Crippen molar-refractivity contribution in [3.63, 3.8) is 0 Å². The highest BCUT2D eigenvalue weighted by molar-refractivity contribution is 7.92. The van der Waals surface area contributed by atoms with E-state index in [1.54, 1.807) is 36.4 Å². The fourth-order valence-electron chi connectivity index (χ4n) is 3.79. The highest BCUT2D eigenvalue weighted by Gasteiger charge is 2.23. The van der Waals surface area contributed by atoms with Gasteiger partial charge in [0.25, 0.3) is 15.9 Å². The van der Waals surface area contributed by atoms with E-state index in [1.165, 1.54) is 36.4 Å². The van der Waals surface area contributed by atoms with Gasteiger partial charge in [0.15, 0.2) is 5.13 Å². The van der Waals surface area contributed by atoms with Gasteiger partial charge in [-0.25, -0.2) is 13.4 Å². The fourth-order valence-corrected chi connectivity index (χ4v) is 5.94. The van der Waals surface area contributed by atoms with Gasteiger partial charge in [-0.15, -0.1) is 0 Å². The summed E-state index contributed by atoms with van der Waals surface area (Å²) in [6.07, 6.45) is 0. The quantitative estimate of drug-likeness (QED) is 0.200. The molecule has 0 radical (unpaired) electrons.